The third-order valence-electron chi connectivity index (χ3n) is 3.84. The second-order valence-corrected chi connectivity index (χ2v) is 7.28. The Labute approximate surface area is 128 Å². The molecule has 0 bridgehead atoms. The van der Waals surface area contributed by atoms with E-state index in [4.69, 9.17) is 5.26 Å². The van der Waals surface area contributed by atoms with Crippen molar-refractivity contribution >= 4 is 10.0 Å². The maximum atomic E-state index is 13.0. The van der Waals surface area contributed by atoms with Crippen molar-refractivity contribution in [2.75, 3.05) is 13.1 Å². The van der Waals surface area contributed by atoms with Crippen molar-refractivity contribution in [2.45, 2.75) is 52.4 Å². The quantitative estimate of drug-likeness (QED) is 0.810. The lowest BCUT2D eigenvalue weighted by Gasteiger charge is -2.24. The van der Waals surface area contributed by atoms with Crippen LogP contribution in [0.4, 0.5) is 0 Å². The first-order valence-electron chi connectivity index (χ1n) is 7.21. The van der Waals surface area contributed by atoms with Crippen LogP contribution >= 0.6 is 0 Å². The normalized spacial score (nSPS) is 11.7. The Morgan fingerprint density at radius 3 is 2.05 bits per heavy atom. The van der Waals surface area contributed by atoms with Crippen molar-refractivity contribution in [1.82, 2.24) is 4.31 Å². The lowest BCUT2D eigenvalue weighted by atomic mass is 10.0. The van der Waals surface area contributed by atoms with E-state index >= 15 is 0 Å². The lowest BCUT2D eigenvalue weighted by molar-refractivity contribution is 0.416. The smallest absolute Gasteiger partial charge is 0.207 e. The van der Waals surface area contributed by atoms with Gasteiger partial charge in [-0.05, 0) is 56.4 Å². The van der Waals surface area contributed by atoms with Gasteiger partial charge < -0.3 is 0 Å². The van der Waals surface area contributed by atoms with E-state index in [1.165, 1.54) is 4.31 Å². The van der Waals surface area contributed by atoms with E-state index < -0.39 is 10.0 Å². The molecule has 0 radical (unpaired) electrons. The number of aryl methyl sites for hydroxylation is 2. The molecule has 1 aromatic carbocycles. The topological polar surface area (TPSA) is 61.2 Å². The van der Waals surface area contributed by atoms with Crippen molar-refractivity contribution in [2.24, 2.45) is 0 Å². The second kappa shape index (κ2) is 7.06. The molecule has 0 aliphatic rings. The Hall–Kier alpha value is -1.38. The van der Waals surface area contributed by atoms with Gasteiger partial charge in [0.15, 0.2) is 0 Å². The van der Waals surface area contributed by atoms with Gasteiger partial charge in [-0.1, -0.05) is 13.0 Å². The number of hydrogen-bond donors (Lipinski definition) is 0. The average Bonchev–Trinajstić information content (AvgIpc) is 2.41. The van der Waals surface area contributed by atoms with Gasteiger partial charge in [0, 0.05) is 19.5 Å². The SMILES string of the molecule is CCCN(CCC#N)S(=O)(=O)c1c(C)c(C)cc(C)c1C. The van der Waals surface area contributed by atoms with Crippen LogP contribution in [0.2, 0.25) is 0 Å². The average molecular weight is 308 g/mol. The van der Waals surface area contributed by atoms with Crippen molar-refractivity contribution in [3.63, 3.8) is 0 Å². The molecule has 0 fully saturated rings. The highest BCUT2D eigenvalue weighted by atomic mass is 32.2. The van der Waals surface area contributed by atoms with E-state index in [9.17, 15) is 8.42 Å². The van der Waals surface area contributed by atoms with Crippen molar-refractivity contribution in [3.05, 3.63) is 28.3 Å². The van der Waals surface area contributed by atoms with E-state index in [0.717, 1.165) is 28.7 Å². The predicted octanol–water partition coefficient (Wildman–Crippen LogP) is 3.23. The highest BCUT2D eigenvalue weighted by Gasteiger charge is 2.28. The fraction of sp³-hybridized carbons (Fsp3) is 0.562. The number of nitriles is 1. The molecule has 1 rings (SSSR count). The Balaban J connectivity index is 3.45. The van der Waals surface area contributed by atoms with Crippen LogP contribution < -0.4 is 0 Å². The first-order chi connectivity index (χ1) is 9.77. The van der Waals surface area contributed by atoms with Crippen LogP contribution in [0.15, 0.2) is 11.0 Å². The minimum atomic E-state index is -3.56. The van der Waals surface area contributed by atoms with Crippen LogP contribution in [-0.2, 0) is 10.0 Å². The molecule has 0 N–H and O–H groups in total. The summed E-state index contributed by atoms with van der Waals surface area (Å²) in [5, 5.41) is 8.75. The maximum Gasteiger partial charge on any atom is 0.243 e. The van der Waals surface area contributed by atoms with Gasteiger partial charge in [0.1, 0.15) is 0 Å². The Bertz CT molecular complexity index is 632. The fourth-order valence-corrected chi connectivity index (χ4v) is 4.58. The summed E-state index contributed by atoms with van der Waals surface area (Å²) in [6, 6.07) is 4.04. The fourth-order valence-electron chi connectivity index (χ4n) is 2.47. The molecule has 21 heavy (non-hydrogen) atoms. The van der Waals surface area contributed by atoms with Gasteiger partial charge in [0.2, 0.25) is 10.0 Å². The second-order valence-electron chi connectivity index (χ2n) is 5.40. The van der Waals surface area contributed by atoms with E-state index in [-0.39, 0.29) is 13.0 Å². The van der Waals surface area contributed by atoms with Gasteiger partial charge >= 0.3 is 0 Å². The first-order valence-corrected chi connectivity index (χ1v) is 8.65. The van der Waals surface area contributed by atoms with Crippen LogP contribution in [0, 0.1) is 39.0 Å². The monoisotopic (exact) mass is 308 g/mol. The minimum Gasteiger partial charge on any atom is -0.207 e. The largest absolute Gasteiger partial charge is 0.243 e. The van der Waals surface area contributed by atoms with E-state index in [0.29, 0.717) is 11.4 Å². The molecule has 4 nitrogen and oxygen atoms in total. The Kier molecular flexibility index (Phi) is 5.94. The van der Waals surface area contributed by atoms with Crippen LogP contribution in [0.1, 0.15) is 42.0 Å². The van der Waals surface area contributed by atoms with Crippen LogP contribution in [-0.4, -0.2) is 25.8 Å². The molecular weight excluding hydrogens is 284 g/mol. The maximum absolute atomic E-state index is 13.0. The molecule has 0 atom stereocenters. The zero-order chi connectivity index (χ0) is 16.2. The molecule has 0 amide bonds. The molecule has 116 valence electrons. The van der Waals surface area contributed by atoms with Crippen LogP contribution in [0.3, 0.4) is 0 Å². The highest BCUT2D eigenvalue weighted by molar-refractivity contribution is 7.89. The molecular formula is C16H24N2O2S. The van der Waals surface area contributed by atoms with Gasteiger partial charge in [0.05, 0.1) is 11.0 Å². The number of nitrogens with zero attached hydrogens (tertiary/aromatic N) is 2. The summed E-state index contributed by atoms with van der Waals surface area (Å²) in [5.74, 6) is 0. The Morgan fingerprint density at radius 2 is 1.62 bits per heavy atom. The summed E-state index contributed by atoms with van der Waals surface area (Å²) < 4.78 is 27.4. The molecule has 0 aromatic heterocycles. The van der Waals surface area contributed by atoms with E-state index in [1.807, 2.05) is 46.8 Å². The zero-order valence-electron chi connectivity index (χ0n) is 13.5. The summed E-state index contributed by atoms with van der Waals surface area (Å²) in [6.45, 7) is 10.2. The molecule has 0 spiro atoms. The van der Waals surface area contributed by atoms with Crippen LogP contribution in [0.5, 0.6) is 0 Å². The number of rotatable bonds is 6. The standard InChI is InChI=1S/C16H24N2O2S/c1-6-9-18(10-7-8-17)21(19,20)16-14(4)12(2)11-13(3)15(16)5/h11H,6-7,9-10H2,1-5H3. The van der Waals surface area contributed by atoms with Crippen molar-refractivity contribution < 1.29 is 8.42 Å². The molecule has 1 aromatic rings. The van der Waals surface area contributed by atoms with Gasteiger partial charge in [0.25, 0.3) is 0 Å². The number of benzene rings is 1. The van der Waals surface area contributed by atoms with Gasteiger partial charge in [-0.25, -0.2) is 8.42 Å². The number of hydrogen-bond acceptors (Lipinski definition) is 3. The van der Waals surface area contributed by atoms with Gasteiger partial charge in [-0.15, -0.1) is 0 Å². The molecule has 0 unspecified atom stereocenters. The van der Waals surface area contributed by atoms with Crippen molar-refractivity contribution in [3.8, 4) is 6.07 Å². The lowest BCUT2D eigenvalue weighted by Crippen LogP contribution is -2.33. The molecule has 0 saturated heterocycles. The zero-order valence-corrected chi connectivity index (χ0v) is 14.3. The third-order valence-corrected chi connectivity index (χ3v) is 6.01. The van der Waals surface area contributed by atoms with E-state index in [2.05, 4.69) is 0 Å². The summed E-state index contributed by atoms with van der Waals surface area (Å²) >= 11 is 0. The molecule has 0 saturated carbocycles. The summed E-state index contributed by atoms with van der Waals surface area (Å²) in [6.07, 6.45) is 0.940. The summed E-state index contributed by atoms with van der Waals surface area (Å²) in [4.78, 5) is 0.409. The molecule has 5 heteroatoms. The van der Waals surface area contributed by atoms with Crippen LogP contribution in [0.25, 0.3) is 0 Å². The van der Waals surface area contributed by atoms with Gasteiger partial charge in [-0.2, -0.15) is 9.57 Å². The third kappa shape index (κ3) is 3.63. The molecule has 0 aliphatic heterocycles. The van der Waals surface area contributed by atoms with E-state index in [1.54, 1.807) is 0 Å². The summed E-state index contributed by atoms with van der Waals surface area (Å²) in [7, 11) is -3.56. The highest BCUT2D eigenvalue weighted by Crippen LogP contribution is 2.28. The minimum absolute atomic E-state index is 0.210. The molecule has 0 aliphatic carbocycles. The number of sulfonamides is 1. The summed E-state index contributed by atoms with van der Waals surface area (Å²) in [5.41, 5.74) is 3.56. The van der Waals surface area contributed by atoms with Crippen molar-refractivity contribution in [1.29, 1.82) is 5.26 Å². The first kappa shape index (κ1) is 17.7. The molecule has 0 heterocycles. The van der Waals surface area contributed by atoms with Gasteiger partial charge in [-0.3, -0.25) is 0 Å². The Morgan fingerprint density at radius 1 is 1.10 bits per heavy atom. The predicted molar refractivity (Wildman–Crippen MR) is 84.7 cm³/mol.